The van der Waals surface area contributed by atoms with Crippen LogP contribution >= 0.6 is 0 Å². The smallest absolute Gasteiger partial charge is 0.395 e. The van der Waals surface area contributed by atoms with Crippen LogP contribution in [0.1, 0.15) is 22.5 Å². The van der Waals surface area contributed by atoms with E-state index in [1.807, 2.05) is 11.8 Å². The van der Waals surface area contributed by atoms with Gasteiger partial charge in [0, 0.05) is 25.3 Å². The number of imidazole rings is 1. The molecule has 0 saturated heterocycles. The Morgan fingerprint density at radius 1 is 1.27 bits per heavy atom. The zero-order valence-electron chi connectivity index (χ0n) is 12.2. The van der Waals surface area contributed by atoms with Crippen LogP contribution < -0.4 is 0 Å². The number of aliphatic hydroxyl groups is 1. The molecule has 0 bridgehead atoms. The lowest BCUT2D eigenvalue weighted by atomic mass is 10.1. The molecule has 0 radical (unpaired) electrons. The fourth-order valence-corrected chi connectivity index (χ4v) is 2.22. The van der Waals surface area contributed by atoms with Gasteiger partial charge < -0.3 is 10.1 Å². The molecular weight excluding hydrogens is 295 g/mol. The van der Waals surface area contributed by atoms with Crippen molar-refractivity contribution in [2.75, 3.05) is 13.2 Å². The molecule has 0 fully saturated rings. The molecule has 0 amide bonds. The first-order valence-electron chi connectivity index (χ1n) is 6.88. The fraction of sp³-hybridized carbons (Fsp3) is 0.400. The molecule has 0 aliphatic heterocycles. The number of aliphatic hydroxyl groups excluding tert-OH is 1. The van der Waals surface area contributed by atoms with Crippen LogP contribution in [-0.4, -0.2) is 33.1 Å². The van der Waals surface area contributed by atoms with E-state index in [1.54, 1.807) is 12.4 Å². The Balaban J connectivity index is 2.12. The highest BCUT2D eigenvalue weighted by Gasteiger charge is 2.30. The molecule has 0 atom stereocenters. The van der Waals surface area contributed by atoms with E-state index < -0.39 is 11.7 Å². The van der Waals surface area contributed by atoms with Crippen LogP contribution in [0.25, 0.3) is 0 Å². The van der Waals surface area contributed by atoms with Gasteiger partial charge in [-0.15, -0.1) is 0 Å². The van der Waals surface area contributed by atoms with Crippen molar-refractivity contribution in [2.24, 2.45) is 0 Å². The number of hydrogen-bond acceptors (Lipinski definition) is 3. The largest absolute Gasteiger partial charge is 0.416 e. The van der Waals surface area contributed by atoms with Crippen molar-refractivity contribution in [3.05, 3.63) is 53.1 Å². The number of aryl methyl sites for hydroxylation is 1. The predicted octanol–water partition coefficient (Wildman–Crippen LogP) is 2.73. The third kappa shape index (κ3) is 4.32. The molecule has 4 nitrogen and oxygen atoms in total. The van der Waals surface area contributed by atoms with Gasteiger partial charge in [0.1, 0.15) is 0 Å². The van der Waals surface area contributed by atoms with Gasteiger partial charge in [-0.1, -0.05) is 18.2 Å². The summed E-state index contributed by atoms with van der Waals surface area (Å²) in [6.07, 6.45) is -2.78. The second-order valence-corrected chi connectivity index (χ2v) is 5.11. The number of halogens is 3. The van der Waals surface area contributed by atoms with Gasteiger partial charge in [0.15, 0.2) is 0 Å². The summed E-state index contributed by atoms with van der Waals surface area (Å²) >= 11 is 0. The summed E-state index contributed by atoms with van der Waals surface area (Å²) in [6.45, 7) is 2.96. The summed E-state index contributed by atoms with van der Waals surface area (Å²) in [6, 6.07) is 5.24. The number of H-pyrrole nitrogens is 1. The second kappa shape index (κ2) is 6.93. The Hall–Kier alpha value is -1.86. The molecule has 1 aromatic carbocycles. The van der Waals surface area contributed by atoms with Crippen molar-refractivity contribution in [1.29, 1.82) is 0 Å². The van der Waals surface area contributed by atoms with Crippen LogP contribution in [0.15, 0.2) is 30.6 Å². The first kappa shape index (κ1) is 16.5. The number of nitrogens with one attached hydrogen (secondary N) is 1. The van der Waals surface area contributed by atoms with Gasteiger partial charge in [-0.2, -0.15) is 13.2 Å². The number of nitrogens with zero attached hydrogens (tertiary/aromatic N) is 2. The molecule has 2 N–H and O–H groups in total. The fourth-order valence-electron chi connectivity index (χ4n) is 2.22. The van der Waals surface area contributed by atoms with Crippen LogP contribution in [0.3, 0.4) is 0 Å². The SMILES string of the molecule is Cc1[nH]cnc1CN(CCO)Cc1cccc(C(F)(F)F)c1. The summed E-state index contributed by atoms with van der Waals surface area (Å²) in [4.78, 5) is 9.00. The molecule has 2 rings (SSSR count). The third-order valence-electron chi connectivity index (χ3n) is 3.38. The zero-order chi connectivity index (χ0) is 16.2. The number of hydrogen-bond donors (Lipinski definition) is 2. The number of rotatable bonds is 6. The van der Waals surface area contributed by atoms with E-state index >= 15 is 0 Å². The molecule has 1 heterocycles. The minimum Gasteiger partial charge on any atom is -0.395 e. The minimum absolute atomic E-state index is 0.0670. The van der Waals surface area contributed by atoms with E-state index in [0.717, 1.165) is 23.5 Å². The molecule has 0 saturated carbocycles. The van der Waals surface area contributed by atoms with Gasteiger partial charge in [-0.05, 0) is 18.6 Å². The van der Waals surface area contributed by atoms with E-state index in [0.29, 0.717) is 25.2 Å². The lowest BCUT2D eigenvalue weighted by Crippen LogP contribution is -2.26. The number of benzene rings is 1. The van der Waals surface area contributed by atoms with Crippen LogP contribution in [0.5, 0.6) is 0 Å². The van der Waals surface area contributed by atoms with Gasteiger partial charge >= 0.3 is 6.18 Å². The van der Waals surface area contributed by atoms with E-state index in [4.69, 9.17) is 5.11 Å². The van der Waals surface area contributed by atoms with Crippen molar-refractivity contribution in [2.45, 2.75) is 26.2 Å². The average Bonchev–Trinajstić information content (AvgIpc) is 2.84. The molecule has 2 aromatic rings. The topological polar surface area (TPSA) is 52.2 Å². The summed E-state index contributed by atoms with van der Waals surface area (Å²) in [5.74, 6) is 0. The first-order valence-corrected chi connectivity index (χ1v) is 6.88. The van der Waals surface area contributed by atoms with Crippen LogP contribution in [-0.2, 0) is 19.3 Å². The monoisotopic (exact) mass is 313 g/mol. The maximum atomic E-state index is 12.7. The molecule has 22 heavy (non-hydrogen) atoms. The Bertz CT molecular complexity index is 610. The molecule has 0 spiro atoms. The summed E-state index contributed by atoms with van der Waals surface area (Å²) in [5.41, 5.74) is 1.62. The number of aromatic amines is 1. The number of alkyl halides is 3. The van der Waals surface area contributed by atoms with Gasteiger partial charge in [0.2, 0.25) is 0 Å². The van der Waals surface area contributed by atoms with E-state index in [1.165, 1.54) is 6.07 Å². The van der Waals surface area contributed by atoms with Gasteiger partial charge in [0.25, 0.3) is 0 Å². The maximum Gasteiger partial charge on any atom is 0.416 e. The van der Waals surface area contributed by atoms with E-state index in [9.17, 15) is 13.2 Å². The van der Waals surface area contributed by atoms with Crippen LogP contribution in [0.2, 0.25) is 0 Å². The van der Waals surface area contributed by atoms with Gasteiger partial charge in [-0.3, -0.25) is 4.90 Å². The average molecular weight is 313 g/mol. The summed E-state index contributed by atoms with van der Waals surface area (Å²) in [7, 11) is 0. The van der Waals surface area contributed by atoms with Crippen LogP contribution in [0.4, 0.5) is 13.2 Å². The highest BCUT2D eigenvalue weighted by atomic mass is 19.4. The van der Waals surface area contributed by atoms with Gasteiger partial charge in [0.05, 0.1) is 24.2 Å². The Labute approximate surface area is 126 Å². The van der Waals surface area contributed by atoms with Gasteiger partial charge in [-0.25, -0.2) is 4.98 Å². The van der Waals surface area contributed by atoms with Crippen molar-refractivity contribution >= 4 is 0 Å². The lowest BCUT2D eigenvalue weighted by Gasteiger charge is -2.21. The van der Waals surface area contributed by atoms with Crippen molar-refractivity contribution in [3.63, 3.8) is 0 Å². The lowest BCUT2D eigenvalue weighted by molar-refractivity contribution is -0.137. The summed E-state index contributed by atoms with van der Waals surface area (Å²) < 4.78 is 38.2. The minimum atomic E-state index is -4.35. The predicted molar refractivity (Wildman–Crippen MR) is 76.0 cm³/mol. The van der Waals surface area contributed by atoms with Crippen molar-refractivity contribution in [1.82, 2.24) is 14.9 Å². The number of aromatic nitrogens is 2. The summed E-state index contributed by atoms with van der Waals surface area (Å²) in [5, 5.41) is 9.15. The van der Waals surface area contributed by atoms with Crippen molar-refractivity contribution < 1.29 is 18.3 Å². The Kier molecular flexibility index (Phi) is 5.20. The molecule has 0 aliphatic carbocycles. The van der Waals surface area contributed by atoms with E-state index in [2.05, 4.69) is 9.97 Å². The molecule has 7 heteroatoms. The highest BCUT2D eigenvalue weighted by Crippen LogP contribution is 2.29. The first-order chi connectivity index (χ1) is 10.4. The zero-order valence-corrected chi connectivity index (χ0v) is 12.2. The highest BCUT2D eigenvalue weighted by molar-refractivity contribution is 5.25. The van der Waals surface area contributed by atoms with Crippen LogP contribution in [0, 0.1) is 6.92 Å². The Morgan fingerprint density at radius 2 is 2.05 bits per heavy atom. The van der Waals surface area contributed by atoms with E-state index in [-0.39, 0.29) is 6.61 Å². The third-order valence-corrected chi connectivity index (χ3v) is 3.38. The second-order valence-electron chi connectivity index (χ2n) is 5.11. The standard InChI is InChI=1S/C15H18F3N3O/c1-11-14(20-10-19-11)9-21(5-6-22)8-12-3-2-4-13(7-12)15(16,17)18/h2-4,7,10,22H,5-6,8-9H2,1H3,(H,19,20). The van der Waals surface area contributed by atoms with Crippen molar-refractivity contribution in [3.8, 4) is 0 Å². The molecular formula is C15H18F3N3O. The maximum absolute atomic E-state index is 12.7. The molecule has 0 unspecified atom stereocenters. The Morgan fingerprint density at radius 3 is 2.64 bits per heavy atom. The molecule has 120 valence electrons. The molecule has 1 aromatic heterocycles. The molecule has 0 aliphatic rings. The quantitative estimate of drug-likeness (QED) is 0.862. The normalized spacial score (nSPS) is 12.1.